The topological polar surface area (TPSA) is 40.1 Å². The van der Waals surface area contributed by atoms with E-state index in [-0.39, 0.29) is 29.5 Å². The summed E-state index contributed by atoms with van der Waals surface area (Å²) in [5.41, 5.74) is 0.225. The van der Waals surface area contributed by atoms with Crippen LogP contribution in [0.4, 0.5) is 0 Å². The van der Waals surface area contributed by atoms with Gasteiger partial charge in [0.2, 0.25) is 0 Å². The summed E-state index contributed by atoms with van der Waals surface area (Å²) in [6.45, 7) is 15.3. The number of likely N-dealkylation sites (tertiary alicyclic amines) is 2. The van der Waals surface area contributed by atoms with Crippen LogP contribution in [0.15, 0.2) is 4.99 Å². The molecule has 6 heteroatoms. The highest BCUT2D eigenvalue weighted by molar-refractivity contribution is 14.0. The van der Waals surface area contributed by atoms with Gasteiger partial charge in [0, 0.05) is 38.4 Å². The van der Waals surface area contributed by atoms with E-state index >= 15 is 0 Å². The normalized spacial score (nSPS) is 30.1. The number of rotatable bonds is 4. The molecule has 3 heterocycles. The molecule has 3 aliphatic rings. The van der Waals surface area contributed by atoms with Crippen molar-refractivity contribution in [2.24, 2.45) is 16.8 Å². The molecule has 0 aromatic heterocycles. The van der Waals surface area contributed by atoms with Gasteiger partial charge in [0.15, 0.2) is 5.96 Å². The molecule has 5 nitrogen and oxygen atoms in total. The molecule has 2 unspecified atom stereocenters. The summed E-state index contributed by atoms with van der Waals surface area (Å²) in [7, 11) is 0. The summed E-state index contributed by atoms with van der Waals surface area (Å²) in [5.74, 6) is 2.64. The molecule has 0 amide bonds. The molecule has 1 N–H and O–H groups in total. The number of nitrogens with zero attached hydrogens (tertiary/aromatic N) is 3. The van der Waals surface area contributed by atoms with Crippen molar-refractivity contribution >= 4 is 29.9 Å². The number of halogens is 1. The van der Waals surface area contributed by atoms with Crippen LogP contribution in [0.25, 0.3) is 0 Å². The number of ether oxygens (including phenoxy) is 1. The average Bonchev–Trinajstić information content (AvgIpc) is 3.14. The highest BCUT2D eigenvalue weighted by Gasteiger charge is 2.39. The first-order valence-electron chi connectivity index (χ1n) is 10.5. The summed E-state index contributed by atoms with van der Waals surface area (Å²) in [6, 6.07) is 0. The molecule has 152 valence electrons. The molecule has 3 aliphatic heterocycles. The molecule has 2 atom stereocenters. The highest BCUT2D eigenvalue weighted by Crippen LogP contribution is 2.32. The van der Waals surface area contributed by atoms with Crippen LogP contribution in [0.3, 0.4) is 0 Å². The predicted octanol–water partition coefficient (Wildman–Crippen LogP) is 3.19. The standard InChI is InChI=1S/C20H38N4O.HI/c1-4-21-19(23-14-17(2)13-18(3)15-23)22-16-20(7-11-25-12-8-20)24-9-5-6-10-24;/h17-18H,4-16H2,1-3H3,(H,21,22);1H. The van der Waals surface area contributed by atoms with Crippen LogP contribution in [-0.2, 0) is 4.74 Å². The lowest BCUT2D eigenvalue weighted by atomic mass is 9.88. The quantitative estimate of drug-likeness (QED) is 0.383. The number of nitrogens with one attached hydrogen (secondary N) is 1. The lowest BCUT2D eigenvalue weighted by Crippen LogP contribution is -2.54. The molecule has 0 radical (unpaired) electrons. The third-order valence-corrected chi connectivity index (χ3v) is 6.23. The zero-order valence-corrected chi connectivity index (χ0v) is 19.3. The van der Waals surface area contributed by atoms with Crippen molar-refractivity contribution in [2.45, 2.75) is 58.4 Å². The monoisotopic (exact) mass is 478 g/mol. The molecule has 26 heavy (non-hydrogen) atoms. The van der Waals surface area contributed by atoms with E-state index in [9.17, 15) is 0 Å². The van der Waals surface area contributed by atoms with E-state index in [1.54, 1.807) is 0 Å². The Bertz CT molecular complexity index is 437. The minimum Gasteiger partial charge on any atom is -0.381 e. The van der Waals surface area contributed by atoms with E-state index in [4.69, 9.17) is 9.73 Å². The van der Waals surface area contributed by atoms with E-state index < -0.39 is 0 Å². The van der Waals surface area contributed by atoms with Crippen molar-refractivity contribution in [1.29, 1.82) is 0 Å². The Labute approximate surface area is 177 Å². The Morgan fingerprint density at radius 3 is 2.31 bits per heavy atom. The third kappa shape index (κ3) is 5.47. The Balaban J connectivity index is 0.00000243. The predicted molar refractivity (Wildman–Crippen MR) is 120 cm³/mol. The van der Waals surface area contributed by atoms with Crippen molar-refractivity contribution in [3.63, 3.8) is 0 Å². The third-order valence-electron chi connectivity index (χ3n) is 6.23. The van der Waals surface area contributed by atoms with Crippen LogP contribution < -0.4 is 5.32 Å². The Morgan fingerprint density at radius 1 is 1.12 bits per heavy atom. The van der Waals surface area contributed by atoms with E-state index in [2.05, 4.69) is 35.9 Å². The van der Waals surface area contributed by atoms with Crippen LogP contribution in [0.1, 0.15) is 52.9 Å². The van der Waals surface area contributed by atoms with Gasteiger partial charge in [-0.15, -0.1) is 24.0 Å². The van der Waals surface area contributed by atoms with Crippen molar-refractivity contribution in [3.8, 4) is 0 Å². The summed E-state index contributed by atoms with van der Waals surface area (Å²) < 4.78 is 5.68. The molecule has 3 rings (SSSR count). The van der Waals surface area contributed by atoms with Gasteiger partial charge >= 0.3 is 0 Å². The number of piperidine rings is 1. The maximum Gasteiger partial charge on any atom is 0.193 e. The Kier molecular flexibility index (Phi) is 8.94. The summed E-state index contributed by atoms with van der Waals surface area (Å²) in [6.07, 6.45) is 6.28. The Morgan fingerprint density at radius 2 is 1.73 bits per heavy atom. The fourth-order valence-corrected chi connectivity index (χ4v) is 5.00. The van der Waals surface area contributed by atoms with E-state index in [1.165, 1.54) is 32.4 Å². The largest absolute Gasteiger partial charge is 0.381 e. The maximum absolute atomic E-state index is 5.68. The molecule has 0 aliphatic carbocycles. The van der Waals surface area contributed by atoms with Crippen LogP contribution in [-0.4, -0.2) is 73.8 Å². The molecule has 0 aromatic carbocycles. The first kappa shape index (κ1) is 22.2. The Hall–Kier alpha value is -0.0800. The summed E-state index contributed by atoms with van der Waals surface area (Å²) in [5, 5.41) is 3.57. The summed E-state index contributed by atoms with van der Waals surface area (Å²) >= 11 is 0. The molecule has 0 aromatic rings. The van der Waals surface area contributed by atoms with Crippen molar-refractivity contribution < 1.29 is 4.74 Å². The lowest BCUT2D eigenvalue weighted by Gasteiger charge is -2.44. The van der Waals surface area contributed by atoms with Crippen molar-refractivity contribution in [3.05, 3.63) is 0 Å². The maximum atomic E-state index is 5.68. The van der Waals surface area contributed by atoms with E-state index in [1.807, 2.05) is 0 Å². The van der Waals surface area contributed by atoms with E-state index in [0.29, 0.717) is 0 Å². The fourth-order valence-electron chi connectivity index (χ4n) is 5.00. The summed E-state index contributed by atoms with van der Waals surface area (Å²) in [4.78, 5) is 10.4. The first-order chi connectivity index (χ1) is 12.1. The molecule has 0 spiro atoms. The molecule has 0 saturated carbocycles. The molecule has 0 bridgehead atoms. The lowest BCUT2D eigenvalue weighted by molar-refractivity contribution is -0.0140. The SMILES string of the molecule is CCNC(=NCC1(N2CCCC2)CCOCC1)N1CC(C)CC(C)C1.I. The van der Waals surface area contributed by atoms with Gasteiger partial charge in [0.25, 0.3) is 0 Å². The van der Waals surface area contributed by atoms with Crippen LogP contribution in [0.5, 0.6) is 0 Å². The van der Waals surface area contributed by atoms with Gasteiger partial charge in [-0.05, 0) is 64.0 Å². The minimum atomic E-state index is 0. The van der Waals surface area contributed by atoms with Gasteiger partial charge in [-0.2, -0.15) is 0 Å². The van der Waals surface area contributed by atoms with Gasteiger partial charge in [0.05, 0.1) is 6.54 Å². The van der Waals surface area contributed by atoms with Crippen molar-refractivity contribution in [2.75, 3.05) is 52.5 Å². The van der Waals surface area contributed by atoms with Crippen LogP contribution in [0, 0.1) is 11.8 Å². The van der Waals surface area contributed by atoms with Gasteiger partial charge in [-0.3, -0.25) is 9.89 Å². The van der Waals surface area contributed by atoms with Gasteiger partial charge in [-0.25, -0.2) is 0 Å². The van der Waals surface area contributed by atoms with Gasteiger partial charge in [-0.1, -0.05) is 13.8 Å². The van der Waals surface area contributed by atoms with Crippen LogP contribution in [0.2, 0.25) is 0 Å². The number of guanidine groups is 1. The number of hydrogen-bond acceptors (Lipinski definition) is 3. The molecule has 3 fully saturated rings. The van der Waals surface area contributed by atoms with E-state index in [0.717, 1.165) is 70.0 Å². The van der Waals surface area contributed by atoms with Crippen molar-refractivity contribution in [1.82, 2.24) is 15.1 Å². The van der Waals surface area contributed by atoms with Crippen LogP contribution >= 0.6 is 24.0 Å². The molecular weight excluding hydrogens is 439 g/mol. The first-order valence-corrected chi connectivity index (χ1v) is 10.5. The molecular formula is C20H39IN4O. The number of hydrogen-bond donors (Lipinski definition) is 1. The van der Waals surface area contributed by atoms with Gasteiger partial charge < -0.3 is 15.0 Å². The van der Waals surface area contributed by atoms with Gasteiger partial charge in [0.1, 0.15) is 0 Å². The second-order valence-electron chi connectivity index (χ2n) is 8.55. The second-order valence-corrected chi connectivity index (χ2v) is 8.55. The highest BCUT2D eigenvalue weighted by atomic mass is 127. The smallest absolute Gasteiger partial charge is 0.193 e. The molecule has 3 saturated heterocycles. The fraction of sp³-hybridized carbons (Fsp3) is 0.950. The average molecular weight is 478 g/mol. The zero-order valence-electron chi connectivity index (χ0n) is 17.0. The minimum absolute atomic E-state index is 0. The second kappa shape index (κ2) is 10.5. The zero-order chi connectivity index (χ0) is 17.7. The number of aliphatic imine (C=N–C) groups is 1.